The van der Waals surface area contributed by atoms with Crippen LogP contribution in [0.25, 0.3) is 11.0 Å². The normalized spacial score (nSPS) is 14.1. The third-order valence-corrected chi connectivity index (χ3v) is 5.82. The molecule has 2 rings (SSSR count). The molecule has 0 amide bonds. The first-order valence-corrected chi connectivity index (χ1v) is 9.57. The van der Waals surface area contributed by atoms with Gasteiger partial charge in [0.2, 0.25) is 0 Å². The van der Waals surface area contributed by atoms with Crippen LogP contribution in [0.2, 0.25) is 19.6 Å². The van der Waals surface area contributed by atoms with Gasteiger partial charge < -0.3 is 9.30 Å². The molecule has 1 aromatic heterocycles. The highest BCUT2D eigenvalue weighted by atomic mass is 28.3. The van der Waals surface area contributed by atoms with Crippen LogP contribution in [0.1, 0.15) is 6.92 Å². The van der Waals surface area contributed by atoms with Gasteiger partial charge >= 0.3 is 0 Å². The van der Waals surface area contributed by atoms with E-state index in [2.05, 4.69) is 42.2 Å². The fourth-order valence-corrected chi connectivity index (χ4v) is 2.13. The number of benzene rings is 1. The average molecular weight is 248 g/mol. The molecule has 1 unspecified atom stereocenters. The summed E-state index contributed by atoms with van der Waals surface area (Å²) in [5.74, 6) is 0. The molecule has 92 valence electrons. The van der Waals surface area contributed by atoms with Crippen LogP contribution in [0, 0.1) is 0 Å². The van der Waals surface area contributed by atoms with E-state index in [0.717, 1.165) is 11.0 Å². The van der Waals surface area contributed by atoms with Crippen molar-refractivity contribution in [2.45, 2.75) is 39.0 Å². The predicted molar refractivity (Wildman–Crippen MR) is 73.6 cm³/mol. The molecule has 2 aromatic rings. The van der Waals surface area contributed by atoms with Crippen molar-refractivity contribution in [3.8, 4) is 0 Å². The summed E-state index contributed by atoms with van der Waals surface area (Å²) < 4.78 is 8.01. The van der Waals surface area contributed by atoms with E-state index < -0.39 is 8.07 Å². The number of rotatable bonds is 4. The Morgan fingerprint density at radius 1 is 1.29 bits per heavy atom. The molecule has 0 fully saturated rings. The van der Waals surface area contributed by atoms with Gasteiger partial charge in [-0.25, -0.2) is 4.98 Å². The van der Waals surface area contributed by atoms with Crippen molar-refractivity contribution >= 4 is 19.1 Å². The van der Waals surface area contributed by atoms with E-state index in [1.165, 1.54) is 0 Å². The van der Waals surface area contributed by atoms with Crippen LogP contribution in [-0.4, -0.2) is 23.4 Å². The minimum atomic E-state index is -1.22. The molecule has 0 aliphatic carbocycles. The fourth-order valence-electron chi connectivity index (χ4n) is 1.56. The minimum Gasteiger partial charge on any atom is -0.361 e. The van der Waals surface area contributed by atoms with Crippen LogP contribution in [-0.2, 0) is 11.5 Å². The number of aromatic nitrogens is 2. The van der Waals surface area contributed by atoms with Crippen molar-refractivity contribution in [3.05, 3.63) is 30.6 Å². The monoisotopic (exact) mass is 248 g/mol. The second-order valence-corrected chi connectivity index (χ2v) is 11.1. The number of ether oxygens (including phenoxy) is 1. The third-order valence-electron chi connectivity index (χ3n) is 3.21. The maximum absolute atomic E-state index is 5.94. The standard InChI is InChI=1S/C13H20N2OSi/c1-11(17(2,3)4)16-10-15-9-14-12-7-5-6-8-13(12)15/h5-9,11H,10H2,1-4H3. The Balaban J connectivity index is 2.09. The van der Waals surface area contributed by atoms with E-state index in [1.54, 1.807) is 0 Å². The number of nitrogens with zero attached hydrogens (tertiary/aromatic N) is 2. The molecule has 0 radical (unpaired) electrons. The van der Waals surface area contributed by atoms with Gasteiger partial charge in [0, 0.05) is 5.73 Å². The Morgan fingerprint density at radius 3 is 2.71 bits per heavy atom. The molecule has 0 N–H and O–H groups in total. The molecule has 4 heteroatoms. The zero-order chi connectivity index (χ0) is 12.5. The summed E-state index contributed by atoms with van der Waals surface area (Å²) in [7, 11) is -1.22. The number of hydrogen-bond donors (Lipinski definition) is 0. The molecule has 1 heterocycles. The van der Waals surface area contributed by atoms with Gasteiger partial charge in [0.1, 0.15) is 6.73 Å². The fraction of sp³-hybridized carbons (Fsp3) is 0.462. The highest BCUT2D eigenvalue weighted by molar-refractivity contribution is 6.77. The van der Waals surface area contributed by atoms with Crippen molar-refractivity contribution in [2.24, 2.45) is 0 Å². The summed E-state index contributed by atoms with van der Waals surface area (Å²) in [6.07, 6.45) is 1.85. The Morgan fingerprint density at radius 2 is 2.00 bits per heavy atom. The Labute approximate surface area is 103 Å². The summed E-state index contributed by atoms with van der Waals surface area (Å²) in [4.78, 5) is 4.35. The molecule has 17 heavy (non-hydrogen) atoms. The summed E-state index contributed by atoms with van der Waals surface area (Å²) in [6.45, 7) is 9.73. The van der Waals surface area contributed by atoms with Gasteiger partial charge in [-0.15, -0.1) is 0 Å². The lowest BCUT2D eigenvalue weighted by Gasteiger charge is -2.25. The Hall–Kier alpha value is -1.13. The predicted octanol–water partition coefficient (Wildman–Crippen LogP) is 3.28. The molecule has 1 atom stereocenters. The molecular formula is C13H20N2OSi. The van der Waals surface area contributed by atoms with Gasteiger partial charge in [-0.05, 0) is 19.1 Å². The largest absolute Gasteiger partial charge is 0.361 e. The van der Waals surface area contributed by atoms with Crippen LogP contribution in [0.4, 0.5) is 0 Å². The Kier molecular flexibility index (Phi) is 3.35. The average Bonchev–Trinajstić information content (AvgIpc) is 2.68. The first-order chi connectivity index (χ1) is 7.98. The van der Waals surface area contributed by atoms with Crippen molar-refractivity contribution in [2.75, 3.05) is 0 Å². The van der Waals surface area contributed by atoms with Gasteiger partial charge in [0.15, 0.2) is 0 Å². The van der Waals surface area contributed by atoms with Crippen LogP contribution < -0.4 is 0 Å². The van der Waals surface area contributed by atoms with Crippen LogP contribution in [0.5, 0.6) is 0 Å². The zero-order valence-corrected chi connectivity index (χ0v) is 12.0. The molecule has 0 bridgehead atoms. The molecule has 1 aromatic carbocycles. The van der Waals surface area contributed by atoms with Gasteiger partial charge in [-0.3, -0.25) is 0 Å². The van der Waals surface area contributed by atoms with Crippen LogP contribution in [0.15, 0.2) is 30.6 Å². The number of fused-ring (bicyclic) bond motifs is 1. The van der Waals surface area contributed by atoms with E-state index in [0.29, 0.717) is 12.5 Å². The Bertz CT molecular complexity index is 501. The molecule has 0 spiro atoms. The van der Waals surface area contributed by atoms with Crippen molar-refractivity contribution in [3.63, 3.8) is 0 Å². The van der Waals surface area contributed by atoms with Gasteiger partial charge in [0.05, 0.1) is 25.4 Å². The molecule has 0 saturated carbocycles. The van der Waals surface area contributed by atoms with Gasteiger partial charge in [-0.1, -0.05) is 31.8 Å². The maximum Gasteiger partial charge on any atom is 0.124 e. The van der Waals surface area contributed by atoms with E-state index in [4.69, 9.17) is 4.74 Å². The summed E-state index contributed by atoms with van der Waals surface area (Å²) >= 11 is 0. The van der Waals surface area contributed by atoms with Gasteiger partial charge in [0.25, 0.3) is 0 Å². The van der Waals surface area contributed by atoms with E-state index in [-0.39, 0.29) is 0 Å². The molecule has 0 saturated heterocycles. The SMILES string of the molecule is CC(OCn1cnc2ccccc21)[Si](C)(C)C. The topological polar surface area (TPSA) is 27.1 Å². The van der Waals surface area contributed by atoms with E-state index in [9.17, 15) is 0 Å². The minimum absolute atomic E-state index is 0.351. The van der Waals surface area contributed by atoms with Crippen LogP contribution >= 0.6 is 0 Å². The van der Waals surface area contributed by atoms with Gasteiger partial charge in [-0.2, -0.15) is 0 Å². The quantitative estimate of drug-likeness (QED) is 0.776. The highest BCUT2D eigenvalue weighted by Gasteiger charge is 2.23. The lowest BCUT2D eigenvalue weighted by Crippen LogP contribution is -2.38. The maximum atomic E-state index is 5.94. The summed E-state index contributed by atoms with van der Waals surface area (Å²) in [5, 5.41) is 0. The number of imidazole rings is 1. The van der Waals surface area contributed by atoms with E-state index >= 15 is 0 Å². The molecular weight excluding hydrogens is 228 g/mol. The summed E-state index contributed by atoms with van der Waals surface area (Å²) in [5.41, 5.74) is 2.51. The van der Waals surface area contributed by atoms with Crippen molar-refractivity contribution in [1.82, 2.24) is 9.55 Å². The zero-order valence-electron chi connectivity index (χ0n) is 11.0. The number of para-hydroxylation sites is 2. The lowest BCUT2D eigenvalue weighted by atomic mass is 10.3. The lowest BCUT2D eigenvalue weighted by molar-refractivity contribution is 0.0589. The first kappa shape index (κ1) is 12.3. The highest BCUT2D eigenvalue weighted by Crippen LogP contribution is 2.15. The molecule has 0 aliphatic heterocycles. The second kappa shape index (κ2) is 4.62. The van der Waals surface area contributed by atoms with E-state index in [1.807, 2.05) is 24.5 Å². The van der Waals surface area contributed by atoms with Crippen LogP contribution in [0.3, 0.4) is 0 Å². The van der Waals surface area contributed by atoms with Crippen molar-refractivity contribution < 1.29 is 4.74 Å². The summed E-state index contributed by atoms with van der Waals surface area (Å²) in [6, 6.07) is 8.13. The van der Waals surface area contributed by atoms with Crippen molar-refractivity contribution in [1.29, 1.82) is 0 Å². The molecule has 0 aliphatic rings. The second-order valence-electron chi connectivity index (χ2n) is 5.51. The first-order valence-electron chi connectivity index (χ1n) is 6.00. The number of hydrogen-bond acceptors (Lipinski definition) is 2. The molecule has 3 nitrogen and oxygen atoms in total. The smallest absolute Gasteiger partial charge is 0.124 e. The third kappa shape index (κ3) is 2.76.